The number of aryl methyl sites for hydroxylation is 1. The van der Waals surface area contributed by atoms with Crippen LogP contribution in [0.2, 0.25) is 0 Å². The molecular formula is C9H12N2O2. The largest absolute Gasteiger partial charge is 0.394 e. The van der Waals surface area contributed by atoms with Crippen LogP contribution in [-0.2, 0) is 11.3 Å². The molecule has 1 amide bonds. The molecule has 1 aliphatic rings. The summed E-state index contributed by atoms with van der Waals surface area (Å²) in [4.78, 5) is 11.3. The summed E-state index contributed by atoms with van der Waals surface area (Å²) in [5.41, 5.74) is 2.07. The van der Waals surface area contributed by atoms with Gasteiger partial charge in [0.2, 0.25) is 5.91 Å². The van der Waals surface area contributed by atoms with Crippen molar-refractivity contribution in [2.24, 2.45) is 0 Å². The molecule has 13 heavy (non-hydrogen) atoms. The summed E-state index contributed by atoms with van der Waals surface area (Å²) in [5, 5.41) is 11.8. The molecule has 1 aliphatic heterocycles. The van der Waals surface area contributed by atoms with Gasteiger partial charge >= 0.3 is 0 Å². The Balaban J connectivity index is 2.48. The van der Waals surface area contributed by atoms with Gasteiger partial charge in [-0.2, -0.15) is 0 Å². The summed E-state index contributed by atoms with van der Waals surface area (Å²) in [6, 6.07) is 3.48. The van der Waals surface area contributed by atoms with E-state index >= 15 is 0 Å². The van der Waals surface area contributed by atoms with Crippen LogP contribution in [0.1, 0.15) is 17.4 Å². The van der Waals surface area contributed by atoms with E-state index in [2.05, 4.69) is 5.32 Å². The summed E-state index contributed by atoms with van der Waals surface area (Å²) in [6.07, 6.45) is 0. The normalized spacial score (nSPS) is 21.1. The second-order valence-corrected chi connectivity index (χ2v) is 3.25. The SMILES string of the molecule is Cc1ccc2n1[C@H](CO)C(=O)NC2. The smallest absolute Gasteiger partial charge is 0.245 e. The van der Waals surface area contributed by atoms with Gasteiger partial charge in [-0.3, -0.25) is 4.79 Å². The molecule has 4 heteroatoms. The van der Waals surface area contributed by atoms with Crippen molar-refractivity contribution in [1.82, 2.24) is 9.88 Å². The van der Waals surface area contributed by atoms with Crippen LogP contribution < -0.4 is 5.32 Å². The zero-order valence-corrected chi connectivity index (χ0v) is 7.45. The van der Waals surface area contributed by atoms with E-state index in [1.807, 2.05) is 23.6 Å². The van der Waals surface area contributed by atoms with Gasteiger partial charge in [0.25, 0.3) is 0 Å². The first-order chi connectivity index (χ1) is 6.24. The molecule has 2 heterocycles. The minimum atomic E-state index is -0.446. The number of aliphatic hydroxyl groups excluding tert-OH is 1. The highest BCUT2D eigenvalue weighted by Crippen LogP contribution is 2.19. The van der Waals surface area contributed by atoms with Crippen LogP contribution in [0.4, 0.5) is 0 Å². The number of aliphatic hydroxyl groups is 1. The number of hydrogen-bond donors (Lipinski definition) is 2. The molecule has 0 radical (unpaired) electrons. The van der Waals surface area contributed by atoms with Gasteiger partial charge in [0.15, 0.2) is 0 Å². The third kappa shape index (κ3) is 1.14. The van der Waals surface area contributed by atoms with Crippen molar-refractivity contribution in [3.63, 3.8) is 0 Å². The lowest BCUT2D eigenvalue weighted by molar-refractivity contribution is -0.126. The number of amides is 1. The quantitative estimate of drug-likeness (QED) is 0.637. The minimum absolute atomic E-state index is 0.102. The van der Waals surface area contributed by atoms with Gasteiger partial charge in [0.05, 0.1) is 13.2 Å². The first-order valence-corrected chi connectivity index (χ1v) is 4.29. The standard InChI is InChI=1S/C9H12N2O2/c1-6-2-3-7-4-10-9(13)8(5-12)11(6)7/h2-3,8,12H,4-5H2,1H3,(H,10,13)/t8-/m1/s1. The lowest BCUT2D eigenvalue weighted by Gasteiger charge is -2.25. The number of hydrogen-bond acceptors (Lipinski definition) is 2. The molecule has 1 atom stereocenters. The summed E-state index contributed by atoms with van der Waals surface area (Å²) in [7, 11) is 0. The molecule has 0 spiro atoms. The van der Waals surface area contributed by atoms with E-state index in [1.165, 1.54) is 0 Å². The number of carbonyl (C=O) groups excluding carboxylic acids is 1. The van der Waals surface area contributed by atoms with Gasteiger partial charge in [-0.05, 0) is 19.1 Å². The third-order valence-electron chi connectivity index (χ3n) is 2.44. The van der Waals surface area contributed by atoms with E-state index in [4.69, 9.17) is 5.11 Å². The number of fused-ring (bicyclic) bond motifs is 1. The minimum Gasteiger partial charge on any atom is -0.394 e. The van der Waals surface area contributed by atoms with Crippen LogP contribution in [0.3, 0.4) is 0 Å². The fourth-order valence-electron chi connectivity index (χ4n) is 1.77. The van der Waals surface area contributed by atoms with Crippen molar-refractivity contribution in [2.75, 3.05) is 6.61 Å². The van der Waals surface area contributed by atoms with Crippen LogP contribution in [0, 0.1) is 6.92 Å². The molecule has 70 valence electrons. The van der Waals surface area contributed by atoms with Crippen LogP contribution in [0.15, 0.2) is 12.1 Å². The van der Waals surface area contributed by atoms with Gasteiger partial charge in [-0.1, -0.05) is 0 Å². The van der Waals surface area contributed by atoms with Crippen LogP contribution >= 0.6 is 0 Å². The lowest BCUT2D eigenvalue weighted by atomic mass is 10.2. The average molecular weight is 180 g/mol. The van der Waals surface area contributed by atoms with E-state index in [-0.39, 0.29) is 12.5 Å². The monoisotopic (exact) mass is 180 g/mol. The van der Waals surface area contributed by atoms with E-state index < -0.39 is 6.04 Å². The maximum absolute atomic E-state index is 11.3. The Labute approximate surface area is 76.2 Å². The highest BCUT2D eigenvalue weighted by Gasteiger charge is 2.26. The fourth-order valence-corrected chi connectivity index (χ4v) is 1.77. The molecule has 0 saturated heterocycles. The Kier molecular flexibility index (Phi) is 1.84. The molecule has 1 aromatic heterocycles. The second-order valence-electron chi connectivity index (χ2n) is 3.25. The Morgan fingerprint density at radius 3 is 3.15 bits per heavy atom. The molecule has 1 aromatic rings. The van der Waals surface area contributed by atoms with Crippen molar-refractivity contribution in [2.45, 2.75) is 19.5 Å². The zero-order valence-electron chi connectivity index (χ0n) is 7.45. The highest BCUT2D eigenvalue weighted by atomic mass is 16.3. The van der Waals surface area contributed by atoms with E-state index in [0.717, 1.165) is 11.4 Å². The number of aromatic nitrogens is 1. The number of nitrogens with one attached hydrogen (secondary N) is 1. The highest BCUT2D eigenvalue weighted by molar-refractivity contribution is 5.81. The second kappa shape index (κ2) is 2.88. The molecule has 0 aromatic carbocycles. The first-order valence-electron chi connectivity index (χ1n) is 4.29. The molecule has 0 saturated carbocycles. The predicted molar refractivity (Wildman–Crippen MR) is 47.1 cm³/mol. The van der Waals surface area contributed by atoms with Gasteiger partial charge in [0.1, 0.15) is 6.04 Å². The van der Waals surface area contributed by atoms with Crippen molar-refractivity contribution < 1.29 is 9.90 Å². The number of nitrogens with zero attached hydrogens (tertiary/aromatic N) is 1. The maximum Gasteiger partial charge on any atom is 0.245 e. The molecule has 2 N–H and O–H groups in total. The number of carbonyl (C=O) groups is 1. The van der Waals surface area contributed by atoms with E-state index in [0.29, 0.717) is 6.54 Å². The Hall–Kier alpha value is -1.29. The van der Waals surface area contributed by atoms with Crippen LogP contribution in [0.5, 0.6) is 0 Å². The Morgan fingerprint density at radius 1 is 1.69 bits per heavy atom. The zero-order chi connectivity index (χ0) is 9.42. The lowest BCUT2D eigenvalue weighted by Crippen LogP contribution is -2.40. The Bertz CT molecular complexity index is 343. The number of rotatable bonds is 1. The summed E-state index contributed by atoms with van der Waals surface area (Å²) in [5.74, 6) is -0.102. The summed E-state index contributed by atoms with van der Waals surface area (Å²) in [6.45, 7) is 2.35. The average Bonchev–Trinajstić information content (AvgIpc) is 2.49. The molecule has 0 unspecified atom stereocenters. The maximum atomic E-state index is 11.3. The van der Waals surface area contributed by atoms with Crippen molar-refractivity contribution in [3.05, 3.63) is 23.5 Å². The van der Waals surface area contributed by atoms with Gasteiger partial charge in [0, 0.05) is 11.4 Å². The first kappa shape index (κ1) is 8.31. The van der Waals surface area contributed by atoms with Gasteiger partial charge in [-0.25, -0.2) is 0 Å². The fraction of sp³-hybridized carbons (Fsp3) is 0.444. The Morgan fingerprint density at radius 2 is 2.46 bits per heavy atom. The molecule has 4 nitrogen and oxygen atoms in total. The van der Waals surface area contributed by atoms with Crippen molar-refractivity contribution in [1.29, 1.82) is 0 Å². The third-order valence-corrected chi connectivity index (χ3v) is 2.44. The molecule has 0 fully saturated rings. The summed E-state index contributed by atoms with van der Waals surface area (Å²) >= 11 is 0. The van der Waals surface area contributed by atoms with Crippen molar-refractivity contribution >= 4 is 5.91 Å². The predicted octanol–water partition coefficient (Wildman–Crippen LogP) is -0.0403. The van der Waals surface area contributed by atoms with E-state index in [9.17, 15) is 4.79 Å². The van der Waals surface area contributed by atoms with Crippen molar-refractivity contribution in [3.8, 4) is 0 Å². The summed E-state index contributed by atoms with van der Waals surface area (Å²) < 4.78 is 1.89. The van der Waals surface area contributed by atoms with Crippen LogP contribution in [0.25, 0.3) is 0 Å². The molecule has 0 bridgehead atoms. The topological polar surface area (TPSA) is 54.3 Å². The van der Waals surface area contributed by atoms with Gasteiger partial charge < -0.3 is 15.0 Å². The van der Waals surface area contributed by atoms with Crippen LogP contribution in [-0.4, -0.2) is 22.2 Å². The molecular weight excluding hydrogens is 168 g/mol. The van der Waals surface area contributed by atoms with E-state index in [1.54, 1.807) is 0 Å². The molecule has 2 rings (SSSR count). The van der Waals surface area contributed by atoms with Gasteiger partial charge in [-0.15, -0.1) is 0 Å². The molecule has 0 aliphatic carbocycles.